The van der Waals surface area contributed by atoms with E-state index in [1.807, 2.05) is 0 Å². The number of nitrogens with one attached hydrogen (secondary N) is 1. The number of hydrogen-bond acceptors (Lipinski definition) is 2. The van der Waals surface area contributed by atoms with Gasteiger partial charge in [-0.05, 0) is 19.4 Å². The third kappa shape index (κ3) is 2.45. The lowest BCUT2D eigenvalue weighted by Crippen LogP contribution is -2.49. The van der Waals surface area contributed by atoms with Gasteiger partial charge < -0.3 is 10.2 Å². The van der Waals surface area contributed by atoms with E-state index < -0.39 is 5.92 Å². The van der Waals surface area contributed by atoms with Gasteiger partial charge >= 0.3 is 0 Å². The van der Waals surface area contributed by atoms with Crippen LogP contribution in [0.25, 0.3) is 0 Å². The minimum atomic E-state index is -2.57. The number of hydrogen-bond donors (Lipinski definition) is 1. The van der Waals surface area contributed by atoms with Crippen LogP contribution in [0, 0.1) is 0 Å². The highest BCUT2D eigenvalue weighted by atomic mass is 19.3. The van der Waals surface area contributed by atoms with E-state index in [9.17, 15) is 13.6 Å². The molecule has 0 bridgehead atoms. The first-order chi connectivity index (χ1) is 7.08. The average molecular weight is 218 g/mol. The van der Waals surface area contributed by atoms with Crippen LogP contribution in [0.2, 0.25) is 0 Å². The molecule has 1 unspecified atom stereocenters. The molecule has 2 saturated heterocycles. The Bertz CT molecular complexity index is 242. The van der Waals surface area contributed by atoms with Crippen LogP contribution >= 0.6 is 0 Å². The Kier molecular flexibility index (Phi) is 2.91. The van der Waals surface area contributed by atoms with Crippen LogP contribution in [0.4, 0.5) is 8.78 Å². The molecule has 86 valence electrons. The lowest BCUT2D eigenvalue weighted by atomic mass is 10.1. The quantitative estimate of drug-likeness (QED) is 0.712. The molecule has 0 spiro atoms. The molecule has 1 atom stereocenters. The molecule has 0 radical (unpaired) electrons. The molecule has 1 amide bonds. The molecule has 0 aromatic carbocycles. The summed E-state index contributed by atoms with van der Waals surface area (Å²) in [5, 5.41) is 3.10. The standard InChI is InChI=1S/C10H16F2N2O/c11-10(12)3-6-14(7-4-10)9(15)8-2-1-5-13-8/h8,13H,1-7H2. The molecular weight excluding hydrogens is 202 g/mol. The Labute approximate surface area is 87.8 Å². The van der Waals surface area contributed by atoms with Crippen molar-refractivity contribution in [1.82, 2.24) is 10.2 Å². The van der Waals surface area contributed by atoms with Gasteiger partial charge in [0.15, 0.2) is 0 Å². The van der Waals surface area contributed by atoms with Crippen LogP contribution in [0.1, 0.15) is 25.7 Å². The first-order valence-corrected chi connectivity index (χ1v) is 5.48. The lowest BCUT2D eigenvalue weighted by Gasteiger charge is -2.33. The molecule has 5 heteroatoms. The highest BCUT2D eigenvalue weighted by molar-refractivity contribution is 5.82. The molecule has 2 rings (SSSR count). The number of piperidine rings is 1. The summed E-state index contributed by atoms with van der Waals surface area (Å²) in [4.78, 5) is 13.4. The Morgan fingerprint density at radius 2 is 2.00 bits per heavy atom. The first-order valence-electron chi connectivity index (χ1n) is 5.48. The first kappa shape index (κ1) is 10.8. The minimum absolute atomic E-state index is 0.00278. The molecule has 2 aliphatic heterocycles. The van der Waals surface area contributed by atoms with E-state index in [2.05, 4.69) is 5.32 Å². The van der Waals surface area contributed by atoms with E-state index in [1.165, 1.54) is 0 Å². The van der Waals surface area contributed by atoms with Gasteiger partial charge in [0, 0.05) is 25.9 Å². The largest absolute Gasteiger partial charge is 0.341 e. The number of carbonyl (C=O) groups excluding carboxylic acids is 1. The van der Waals surface area contributed by atoms with Crippen molar-refractivity contribution in [3.05, 3.63) is 0 Å². The smallest absolute Gasteiger partial charge is 0.251 e. The van der Waals surface area contributed by atoms with Crippen molar-refractivity contribution >= 4 is 5.91 Å². The fraction of sp³-hybridized carbons (Fsp3) is 0.900. The summed E-state index contributed by atoms with van der Waals surface area (Å²) in [5.74, 6) is -2.57. The maximum Gasteiger partial charge on any atom is 0.251 e. The second kappa shape index (κ2) is 4.04. The van der Waals surface area contributed by atoms with Crippen LogP contribution in [0.5, 0.6) is 0 Å². The fourth-order valence-corrected chi connectivity index (χ4v) is 2.17. The number of halogens is 2. The van der Waals surface area contributed by atoms with Crippen LogP contribution in [-0.2, 0) is 4.79 Å². The van der Waals surface area contributed by atoms with E-state index in [0.717, 1.165) is 19.4 Å². The number of nitrogens with zero attached hydrogens (tertiary/aromatic N) is 1. The molecule has 0 aliphatic carbocycles. The summed E-state index contributed by atoms with van der Waals surface area (Å²) in [5.41, 5.74) is 0. The third-order valence-corrected chi connectivity index (χ3v) is 3.17. The highest BCUT2D eigenvalue weighted by Gasteiger charge is 2.37. The van der Waals surface area contributed by atoms with E-state index in [0.29, 0.717) is 0 Å². The van der Waals surface area contributed by atoms with Gasteiger partial charge in [-0.25, -0.2) is 8.78 Å². The zero-order chi connectivity index (χ0) is 10.9. The normalized spacial score (nSPS) is 30.5. The van der Waals surface area contributed by atoms with Gasteiger partial charge in [-0.1, -0.05) is 0 Å². The van der Waals surface area contributed by atoms with Crippen LogP contribution in [0.15, 0.2) is 0 Å². The third-order valence-electron chi connectivity index (χ3n) is 3.17. The van der Waals surface area contributed by atoms with Gasteiger partial charge in [-0.15, -0.1) is 0 Å². The lowest BCUT2D eigenvalue weighted by molar-refractivity contribution is -0.139. The summed E-state index contributed by atoms with van der Waals surface area (Å²) in [6.07, 6.45) is 1.46. The maximum absolute atomic E-state index is 12.9. The topological polar surface area (TPSA) is 32.3 Å². The Morgan fingerprint density at radius 1 is 1.33 bits per heavy atom. The van der Waals surface area contributed by atoms with Gasteiger partial charge in [0.1, 0.15) is 0 Å². The molecular formula is C10H16F2N2O. The zero-order valence-corrected chi connectivity index (χ0v) is 8.64. The van der Waals surface area contributed by atoms with Gasteiger partial charge in [0.25, 0.3) is 5.92 Å². The summed E-state index contributed by atoms with van der Waals surface area (Å²) in [6.45, 7) is 1.26. The molecule has 3 nitrogen and oxygen atoms in total. The molecule has 0 aromatic heterocycles. The number of carbonyl (C=O) groups is 1. The second-order valence-corrected chi connectivity index (χ2v) is 4.33. The molecule has 0 saturated carbocycles. The van der Waals surface area contributed by atoms with Gasteiger partial charge in [-0.3, -0.25) is 4.79 Å². The van der Waals surface area contributed by atoms with Crippen molar-refractivity contribution in [2.24, 2.45) is 0 Å². The summed E-state index contributed by atoms with van der Waals surface area (Å²) in [7, 11) is 0. The summed E-state index contributed by atoms with van der Waals surface area (Å²) < 4.78 is 25.7. The van der Waals surface area contributed by atoms with Crippen LogP contribution in [0.3, 0.4) is 0 Å². The van der Waals surface area contributed by atoms with Gasteiger partial charge in [-0.2, -0.15) is 0 Å². The van der Waals surface area contributed by atoms with E-state index in [1.54, 1.807) is 4.90 Å². The van der Waals surface area contributed by atoms with E-state index >= 15 is 0 Å². The number of alkyl halides is 2. The van der Waals surface area contributed by atoms with Crippen molar-refractivity contribution in [1.29, 1.82) is 0 Å². The second-order valence-electron chi connectivity index (χ2n) is 4.33. The van der Waals surface area contributed by atoms with E-state index in [4.69, 9.17) is 0 Å². The fourth-order valence-electron chi connectivity index (χ4n) is 2.17. The minimum Gasteiger partial charge on any atom is -0.341 e. The Hall–Kier alpha value is -0.710. The summed E-state index contributed by atoms with van der Waals surface area (Å²) in [6, 6.07) is -0.128. The van der Waals surface area contributed by atoms with Crippen molar-refractivity contribution in [2.75, 3.05) is 19.6 Å². The predicted octanol–water partition coefficient (Wildman–Crippen LogP) is 0.996. The van der Waals surface area contributed by atoms with Crippen molar-refractivity contribution in [3.63, 3.8) is 0 Å². The molecule has 2 fully saturated rings. The molecule has 2 aliphatic rings. The SMILES string of the molecule is O=C(C1CCCN1)N1CCC(F)(F)CC1. The molecule has 15 heavy (non-hydrogen) atoms. The van der Waals surface area contributed by atoms with E-state index in [-0.39, 0.29) is 37.9 Å². The van der Waals surface area contributed by atoms with Gasteiger partial charge in [0.05, 0.1) is 6.04 Å². The monoisotopic (exact) mass is 218 g/mol. The Morgan fingerprint density at radius 3 is 2.53 bits per heavy atom. The number of likely N-dealkylation sites (tertiary alicyclic amines) is 1. The van der Waals surface area contributed by atoms with Crippen LogP contribution < -0.4 is 5.32 Å². The highest BCUT2D eigenvalue weighted by Crippen LogP contribution is 2.28. The van der Waals surface area contributed by atoms with Crippen LogP contribution in [-0.4, -0.2) is 42.4 Å². The number of amides is 1. The van der Waals surface area contributed by atoms with Crippen molar-refractivity contribution in [3.8, 4) is 0 Å². The van der Waals surface area contributed by atoms with Crippen molar-refractivity contribution < 1.29 is 13.6 Å². The Balaban J connectivity index is 1.87. The average Bonchev–Trinajstić information content (AvgIpc) is 2.69. The van der Waals surface area contributed by atoms with Gasteiger partial charge in [0.2, 0.25) is 5.91 Å². The summed E-state index contributed by atoms with van der Waals surface area (Å²) >= 11 is 0. The molecule has 1 N–H and O–H groups in total. The van der Waals surface area contributed by atoms with Crippen molar-refractivity contribution in [2.45, 2.75) is 37.6 Å². The predicted molar refractivity (Wildman–Crippen MR) is 51.8 cm³/mol. The molecule has 0 aromatic rings. The zero-order valence-electron chi connectivity index (χ0n) is 8.64. The maximum atomic E-state index is 12.9. The number of rotatable bonds is 1. The molecule has 2 heterocycles.